The van der Waals surface area contributed by atoms with Gasteiger partial charge in [-0.3, -0.25) is 4.79 Å². The quantitative estimate of drug-likeness (QED) is 0.638. The molecule has 0 bridgehead atoms. The molecule has 3 nitrogen and oxygen atoms in total. The number of likely N-dealkylation sites (tertiary alicyclic amines) is 1. The summed E-state index contributed by atoms with van der Waals surface area (Å²) < 4.78 is 39.7. The number of carbonyl (C=O) groups excluding carboxylic acids is 1. The molecule has 0 spiro atoms. The zero-order valence-corrected chi connectivity index (χ0v) is 13.4. The van der Waals surface area contributed by atoms with E-state index in [9.17, 15) is 23.2 Å². The number of piperidine rings is 1. The Hall–Kier alpha value is -1.51. The summed E-state index contributed by atoms with van der Waals surface area (Å²) in [5, 5.41) is 9.40. The molecule has 2 aliphatic carbocycles. The van der Waals surface area contributed by atoms with Gasteiger partial charge in [0.2, 0.25) is 5.91 Å². The fourth-order valence-corrected chi connectivity index (χ4v) is 5.03. The molecule has 2 fully saturated rings. The van der Waals surface area contributed by atoms with Gasteiger partial charge in [-0.25, -0.2) is 0 Å². The Bertz CT molecular complexity index is 592. The number of hydrogen-bond acceptors (Lipinski definition) is 2. The number of alkyl halides is 3. The molecule has 126 valence electrons. The lowest BCUT2D eigenvalue weighted by atomic mass is 9.54. The Balaban J connectivity index is 1.99. The third-order valence-corrected chi connectivity index (χ3v) is 6.29. The fraction of sp³-hybridized carbons (Fsp3) is 0.765. The minimum atomic E-state index is -4.33. The van der Waals surface area contributed by atoms with Crippen LogP contribution < -0.4 is 0 Å². The minimum Gasteiger partial charge on any atom is -0.342 e. The molecule has 1 saturated carbocycles. The number of halogens is 3. The van der Waals surface area contributed by atoms with Crippen molar-refractivity contribution in [2.75, 3.05) is 7.05 Å². The normalized spacial score (nSPS) is 40.8. The molecule has 0 aromatic rings. The number of allylic oxidation sites excluding steroid dienone is 1. The van der Waals surface area contributed by atoms with E-state index in [1.165, 1.54) is 0 Å². The smallest absolute Gasteiger partial charge is 0.342 e. The van der Waals surface area contributed by atoms with E-state index in [2.05, 4.69) is 6.92 Å². The molecule has 6 heteroatoms. The summed E-state index contributed by atoms with van der Waals surface area (Å²) >= 11 is 0. The summed E-state index contributed by atoms with van der Waals surface area (Å²) in [4.78, 5) is 13.7. The molecule has 5 atom stereocenters. The zero-order valence-electron chi connectivity index (χ0n) is 13.4. The summed E-state index contributed by atoms with van der Waals surface area (Å²) in [7, 11) is 1.79. The van der Waals surface area contributed by atoms with Crippen LogP contribution >= 0.6 is 0 Å². The second-order valence-electron chi connectivity index (χ2n) is 7.32. The van der Waals surface area contributed by atoms with Crippen LogP contribution in [0.15, 0.2) is 11.6 Å². The molecule has 3 aliphatic rings. The van der Waals surface area contributed by atoms with E-state index in [-0.39, 0.29) is 29.7 Å². The van der Waals surface area contributed by atoms with E-state index in [0.29, 0.717) is 25.7 Å². The van der Waals surface area contributed by atoms with Crippen molar-refractivity contribution in [3.63, 3.8) is 0 Å². The molecular formula is C17H21F3N2O. The largest absolute Gasteiger partial charge is 0.393 e. The monoisotopic (exact) mass is 326 g/mol. The maximum atomic E-state index is 13.2. The molecule has 0 aromatic carbocycles. The van der Waals surface area contributed by atoms with Crippen molar-refractivity contribution in [2.45, 2.75) is 51.2 Å². The third-order valence-electron chi connectivity index (χ3n) is 6.29. The molecule has 4 unspecified atom stereocenters. The lowest BCUT2D eigenvalue weighted by Crippen LogP contribution is -2.57. The van der Waals surface area contributed by atoms with Gasteiger partial charge >= 0.3 is 6.18 Å². The zero-order chi connectivity index (χ0) is 17.0. The Morgan fingerprint density at radius 3 is 2.70 bits per heavy atom. The van der Waals surface area contributed by atoms with Crippen LogP contribution in [0.5, 0.6) is 0 Å². The molecule has 1 saturated heterocycles. The highest BCUT2D eigenvalue weighted by atomic mass is 19.4. The summed E-state index contributed by atoms with van der Waals surface area (Å²) in [6.07, 6.45) is -0.414. The number of carbonyl (C=O) groups is 1. The lowest BCUT2D eigenvalue weighted by molar-refractivity contribution is -0.190. The van der Waals surface area contributed by atoms with Crippen molar-refractivity contribution < 1.29 is 18.0 Å². The van der Waals surface area contributed by atoms with Gasteiger partial charge in [0.15, 0.2) is 0 Å². The second-order valence-corrected chi connectivity index (χ2v) is 7.32. The van der Waals surface area contributed by atoms with E-state index >= 15 is 0 Å². The lowest BCUT2D eigenvalue weighted by Gasteiger charge is -2.55. The third kappa shape index (κ3) is 2.36. The van der Waals surface area contributed by atoms with Crippen molar-refractivity contribution in [3.05, 3.63) is 11.6 Å². The summed E-state index contributed by atoms with van der Waals surface area (Å²) in [5.74, 6) is -2.80. The molecular weight excluding hydrogens is 305 g/mol. The second kappa shape index (κ2) is 5.25. The standard InChI is InChI=1S/C17H21F3N2O/c1-16-8-7-15(23)22(2)14(16)6-3-10-11(9-21)13(17(18,19)20)5-4-12(10)16/h4,10-11,13-14H,3,5-8H2,1-2H3/t10?,11?,13?,14?,16-/m1/s1. The van der Waals surface area contributed by atoms with Crippen LogP contribution in [-0.4, -0.2) is 30.1 Å². The topological polar surface area (TPSA) is 44.1 Å². The number of fused-ring (bicyclic) bond motifs is 3. The van der Waals surface area contributed by atoms with Gasteiger partial charge < -0.3 is 4.90 Å². The van der Waals surface area contributed by atoms with Crippen LogP contribution in [0, 0.1) is 34.5 Å². The van der Waals surface area contributed by atoms with E-state index < -0.39 is 18.0 Å². The van der Waals surface area contributed by atoms with E-state index in [1.807, 2.05) is 6.07 Å². The van der Waals surface area contributed by atoms with E-state index in [0.717, 1.165) is 5.57 Å². The highest BCUT2D eigenvalue weighted by molar-refractivity contribution is 5.77. The van der Waals surface area contributed by atoms with Crippen molar-refractivity contribution >= 4 is 5.91 Å². The molecule has 0 aromatic heterocycles. The Labute approximate surface area is 134 Å². The molecule has 0 radical (unpaired) electrons. The van der Waals surface area contributed by atoms with Crippen LogP contribution in [0.4, 0.5) is 13.2 Å². The average Bonchev–Trinajstić information content (AvgIpc) is 2.49. The minimum absolute atomic E-state index is 0.0352. The molecule has 23 heavy (non-hydrogen) atoms. The summed E-state index contributed by atoms with van der Waals surface area (Å²) in [6, 6.07) is 1.99. The predicted octanol–water partition coefficient (Wildman–Crippen LogP) is 3.67. The molecule has 1 heterocycles. The van der Waals surface area contributed by atoms with Crippen LogP contribution in [0.2, 0.25) is 0 Å². The average molecular weight is 326 g/mol. The highest BCUT2D eigenvalue weighted by Gasteiger charge is 2.56. The first-order valence-electron chi connectivity index (χ1n) is 8.12. The number of amides is 1. The Morgan fingerprint density at radius 1 is 1.39 bits per heavy atom. The maximum Gasteiger partial charge on any atom is 0.393 e. The van der Waals surface area contributed by atoms with E-state index in [1.54, 1.807) is 18.0 Å². The first-order chi connectivity index (χ1) is 10.7. The van der Waals surface area contributed by atoms with Gasteiger partial charge in [0, 0.05) is 24.9 Å². The summed E-state index contributed by atoms with van der Waals surface area (Å²) in [6.45, 7) is 2.06. The number of hydrogen-bond donors (Lipinski definition) is 0. The summed E-state index contributed by atoms with van der Waals surface area (Å²) in [5.41, 5.74) is 0.692. The molecule has 1 aliphatic heterocycles. The van der Waals surface area contributed by atoms with Gasteiger partial charge in [-0.15, -0.1) is 0 Å². The number of nitriles is 1. The molecule has 1 amide bonds. The highest BCUT2D eigenvalue weighted by Crippen LogP contribution is 2.57. The van der Waals surface area contributed by atoms with Crippen LogP contribution in [-0.2, 0) is 4.79 Å². The first-order valence-corrected chi connectivity index (χ1v) is 8.12. The van der Waals surface area contributed by atoms with Crippen LogP contribution in [0.3, 0.4) is 0 Å². The van der Waals surface area contributed by atoms with Gasteiger partial charge in [0.05, 0.1) is 17.9 Å². The van der Waals surface area contributed by atoms with Crippen LogP contribution in [0.25, 0.3) is 0 Å². The van der Waals surface area contributed by atoms with Crippen molar-refractivity contribution in [2.24, 2.45) is 23.2 Å². The van der Waals surface area contributed by atoms with Gasteiger partial charge in [0.25, 0.3) is 0 Å². The van der Waals surface area contributed by atoms with Crippen molar-refractivity contribution in [3.8, 4) is 6.07 Å². The molecule has 0 N–H and O–H groups in total. The molecule has 3 rings (SSSR count). The predicted molar refractivity (Wildman–Crippen MR) is 78.0 cm³/mol. The van der Waals surface area contributed by atoms with Crippen molar-refractivity contribution in [1.29, 1.82) is 5.26 Å². The van der Waals surface area contributed by atoms with Gasteiger partial charge in [-0.05, 0) is 31.6 Å². The SMILES string of the molecule is CN1C(=O)CC[C@]2(C)C3=CCC(C(F)(F)F)C(C#N)C3CCC12. The Kier molecular flexibility index (Phi) is 3.74. The van der Waals surface area contributed by atoms with Crippen LogP contribution in [0.1, 0.15) is 39.0 Å². The Morgan fingerprint density at radius 2 is 2.09 bits per heavy atom. The van der Waals surface area contributed by atoms with E-state index in [4.69, 9.17) is 0 Å². The van der Waals surface area contributed by atoms with Crippen molar-refractivity contribution in [1.82, 2.24) is 4.90 Å². The number of nitrogens with zero attached hydrogens (tertiary/aromatic N) is 2. The maximum absolute atomic E-state index is 13.2. The van der Waals surface area contributed by atoms with Gasteiger partial charge in [0.1, 0.15) is 0 Å². The van der Waals surface area contributed by atoms with Gasteiger partial charge in [-0.1, -0.05) is 18.6 Å². The first kappa shape index (κ1) is 16.4. The number of rotatable bonds is 0. The van der Waals surface area contributed by atoms with Gasteiger partial charge in [-0.2, -0.15) is 18.4 Å². The fourth-order valence-electron chi connectivity index (χ4n) is 5.03.